The van der Waals surface area contributed by atoms with E-state index in [1.54, 1.807) is 0 Å². The zero-order chi connectivity index (χ0) is 16.6. The maximum absolute atomic E-state index is 4.90. The molecule has 0 aromatic rings. The van der Waals surface area contributed by atoms with Crippen LogP contribution in [0, 0.1) is 13.8 Å². The summed E-state index contributed by atoms with van der Waals surface area (Å²) >= 11 is 4.90. The van der Waals surface area contributed by atoms with Crippen LogP contribution in [0.2, 0.25) is 0 Å². The maximum atomic E-state index is 4.90. The Bertz CT molecular complexity index is 117. The van der Waals surface area contributed by atoms with Crippen molar-refractivity contribution in [1.82, 2.24) is 0 Å². The molecular weight excluding hydrogens is 426 g/mol. The molecule has 0 nitrogen and oxygen atoms in total. The molecule has 140 valence electrons. The van der Waals surface area contributed by atoms with Crippen LogP contribution in [0.3, 0.4) is 0 Å². The number of unbranched alkanes of at least 4 members (excludes halogenated alkanes) is 11. The summed E-state index contributed by atoms with van der Waals surface area (Å²) in [4.78, 5) is 0. The fourth-order valence-electron chi connectivity index (χ4n) is 1.59. The molecule has 0 rings (SSSR count). The van der Waals surface area contributed by atoms with E-state index in [4.69, 9.17) is 12.6 Å². The van der Waals surface area contributed by atoms with E-state index in [0.29, 0.717) is 0 Å². The van der Waals surface area contributed by atoms with E-state index in [-0.39, 0.29) is 36.3 Å². The first-order valence-electron chi connectivity index (χ1n) is 9.41. The zero-order valence-electron chi connectivity index (χ0n) is 16.3. The molecule has 0 heterocycles. The first-order chi connectivity index (χ1) is 10.2. The average Bonchev–Trinajstić information content (AvgIpc) is 2.54. The summed E-state index contributed by atoms with van der Waals surface area (Å²) in [6, 6.07) is 0. The van der Waals surface area contributed by atoms with Crippen LogP contribution in [0.25, 0.3) is 0 Å². The van der Waals surface area contributed by atoms with Gasteiger partial charge in [-0.25, -0.2) is 0 Å². The fraction of sp³-hybridized carbons (Fsp3) is 0.900. The molecule has 0 aliphatic carbocycles. The van der Waals surface area contributed by atoms with Crippen molar-refractivity contribution in [3.63, 3.8) is 0 Å². The van der Waals surface area contributed by atoms with E-state index in [1.165, 1.54) is 77.0 Å². The fourth-order valence-corrected chi connectivity index (χ4v) is 1.79. The molecule has 23 heavy (non-hydrogen) atoms. The van der Waals surface area contributed by atoms with Crippen LogP contribution in [-0.2, 0) is 12.6 Å². The number of hydrogen-bond donors (Lipinski definition) is 0. The van der Waals surface area contributed by atoms with Gasteiger partial charge in [0.25, 0.3) is 0 Å². The Morgan fingerprint density at radius 3 is 1.04 bits per heavy atom. The Kier molecular flexibility index (Phi) is 67.5. The number of hydrogen-bond acceptors (Lipinski definition) is 1. The first-order valence-corrected chi connectivity index (χ1v) is 9.99. The second-order valence-electron chi connectivity index (χ2n) is 5.59. The molecule has 0 aromatic heterocycles. The molecule has 0 atom stereocenters. The third kappa shape index (κ3) is 59.7. The summed E-state index contributed by atoms with van der Waals surface area (Å²) in [7, 11) is 0. The number of rotatable bonds is 12. The van der Waals surface area contributed by atoms with Crippen LogP contribution in [-0.4, -0.2) is 29.7 Å². The molecule has 0 aromatic carbocycles. The molecule has 0 saturated carbocycles. The van der Waals surface area contributed by atoms with Gasteiger partial charge in [0.1, 0.15) is 0 Å². The quantitative estimate of drug-likeness (QED) is 0.233. The minimum Gasteiger partial charge on any atom is -1.00 e. The van der Waals surface area contributed by atoms with Crippen molar-refractivity contribution >= 4 is 36.5 Å². The van der Waals surface area contributed by atoms with Crippen molar-refractivity contribution in [3.05, 3.63) is 13.8 Å². The Morgan fingerprint density at radius 2 is 0.826 bits per heavy atom. The van der Waals surface area contributed by atoms with Gasteiger partial charge in [0, 0.05) is 0 Å². The summed E-state index contributed by atoms with van der Waals surface area (Å²) in [5.74, 6) is 0.955. The van der Waals surface area contributed by atoms with Crippen molar-refractivity contribution in [2.24, 2.45) is 0 Å². The van der Waals surface area contributed by atoms with Gasteiger partial charge < -0.3 is 25.0 Å². The van der Waals surface area contributed by atoms with Gasteiger partial charge in [-0.15, -0.1) is 0 Å². The van der Waals surface area contributed by atoms with Crippen molar-refractivity contribution < 1.29 is 12.4 Å². The van der Waals surface area contributed by atoms with Crippen LogP contribution >= 0.6 is 0 Å². The van der Waals surface area contributed by atoms with Gasteiger partial charge in [-0.1, -0.05) is 125 Å². The zero-order valence-corrected chi connectivity index (χ0v) is 20.7. The molecule has 0 saturated heterocycles. The van der Waals surface area contributed by atoms with Gasteiger partial charge >= 0.3 is 23.9 Å². The molecular formula is C20H43ClSSn. The number of halogens is 1. The predicted octanol–water partition coefficient (Wildman–Crippen LogP) is 4.32. The molecule has 0 bridgehead atoms. The van der Waals surface area contributed by atoms with Crippen molar-refractivity contribution in [3.8, 4) is 0 Å². The SMILES string of the molecule is CCCCCCCCCCCC[S-].[CH2]CCC.[CH2]CCC.[Cl-].[Sn+2]. The van der Waals surface area contributed by atoms with E-state index < -0.39 is 0 Å². The van der Waals surface area contributed by atoms with E-state index in [0.717, 1.165) is 18.6 Å². The summed E-state index contributed by atoms with van der Waals surface area (Å²) in [5.41, 5.74) is 0. The normalized spacial score (nSPS) is 8.61. The van der Waals surface area contributed by atoms with E-state index in [9.17, 15) is 0 Å². The van der Waals surface area contributed by atoms with Crippen LogP contribution in [0.1, 0.15) is 111 Å². The van der Waals surface area contributed by atoms with Crippen molar-refractivity contribution in [1.29, 1.82) is 0 Å². The van der Waals surface area contributed by atoms with Gasteiger partial charge in [-0.05, 0) is 0 Å². The molecule has 0 spiro atoms. The molecule has 4 radical (unpaired) electrons. The van der Waals surface area contributed by atoms with Crippen LogP contribution in [0.4, 0.5) is 0 Å². The van der Waals surface area contributed by atoms with Gasteiger partial charge in [-0.3, -0.25) is 0 Å². The van der Waals surface area contributed by atoms with Gasteiger partial charge in [0.05, 0.1) is 0 Å². The van der Waals surface area contributed by atoms with Gasteiger partial charge in [0.15, 0.2) is 0 Å². The molecule has 0 aliphatic rings. The van der Waals surface area contributed by atoms with E-state index in [2.05, 4.69) is 34.6 Å². The topological polar surface area (TPSA) is 0 Å². The molecule has 0 aliphatic heterocycles. The van der Waals surface area contributed by atoms with Gasteiger partial charge in [-0.2, -0.15) is 5.75 Å². The summed E-state index contributed by atoms with van der Waals surface area (Å²) in [6.07, 6.45) is 18.6. The summed E-state index contributed by atoms with van der Waals surface area (Å²) in [5, 5.41) is 0. The second kappa shape index (κ2) is 43.7. The van der Waals surface area contributed by atoms with E-state index in [1.807, 2.05) is 0 Å². The third-order valence-electron chi connectivity index (χ3n) is 3.20. The van der Waals surface area contributed by atoms with Crippen LogP contribution in [0.15, 0.2) is 0 Å². The minimum atomic E-state index is 0. The third-order valence-corrected chi connectivity index (χ3v) is 3.49. The standard InChI is InChI=1S/C12H26S.2C4H9.ClH.Sn/c1-2-3-4-5-6-7-8-9-10-11-12-13;2*1-3-4-2;;/h13H,2-12H2,1H3;2*1,3-4H2,2H3;1H;/q;;;;+2/p-2. The molecule has 3 heteroatoms. The van der Waals surface area contributed by atoms with E-state index >= 15 is 0 Å². The molecule has 0 amide bonds. The Balaban J connectivity index is -0.0000000909. The van der Waals surface area contributed by atoms with Crippen molar-refractivity contribution in [2.75, 3.05) is 5.75 Å². The maximum Gasteiger partial charge on any atom is 2.00 e. The minimum absolute atomic E-state index is 0. The smallest absolute Gasteiger partial charge is 1.00 e. The average molecular weight is 470 g/mol. The molecule has 0 N–H and O–H groups in total. The largest absolute Gasteiger partial charge is 2.00 e. The summed E-state index contributed by atoms with van der Waals surface area (Å²) in [6.45, 7) is 13.7. The second-order valence-corrected chi connectivity index (χ2v) is 6.00. The first kappa shape index (κ1) is 35.5. The van der Waals surface area contributed by atoms with Crippen LogP contribution < -0.4 is 12.4 Å². The Hall–Kier alpha value is 1.44. The molecule has 0 fully saturated rings. The Labute approximate surface area is 178 Å². The summed E-state index contributed by atoms with van der Waals surface area (Å²) < 4.78 is 0. The predicted molar refractivity (Wildman–Crippen MR) is 110 cm³/mol. The van der Waals surface area contributed by atoms with Gasteiger partial charge in [0.2, 0.25) is 0 Å². The van der Waals surface area contributed by atoms with Crippen molar-refractivity contribution in [2.45, 2.75) is 111 Å². The Morgan fingerprint density at radius 1 is 0.565 bits per heavy atom. The monoisotopic (exact) mass is 470 g/mol. The molecule has 0 unspecified atom stereocenters. The van der Waals surface area contributed by atoms with Crippen LogP contribution in [0.5, 0.6) is 0 Å².